The summed E-state index contributed by atoms with van der Waals surface area (Å²) in [6.07, 6.45) is -5.41. The summed E-state index contributed by atoms with van der Waals surface area (Å²) in [7, 11) is 0. The molecule has 0 aromatic carbocycles. The minimum absolute atomic E-state index is 0.0255. The van der Waals surface area contributed by atoms with Gasteiger partial charge in [-0.05, 0) is 18.9 Å². The number of hydrogen-bond donors (Lipinski definition) is 6. The Balaban J connectivity index is 2.50. The normalized spacial score (nSPS) is 35.6. The van der Waals surface area contributed by atoms with Gasteiger partial charge in [-0.3, -0.25) is 9.59 Å². The highest BCUT2D eigenvalue weighted by atomic mass is 16.6. The second-order valence-corrected chi connectivity index (χ2v) is 6.53. The van der Waals surface area contributed by atoms with E-state index in [-0.39, 0.29) is 18.4 Å². The van der Waals surface area contributed by atoms with Crippen molar-refractivity contribution in [1.29, 1.82) is 0 Å². The molecular weight excluding hydrogens is 338 g/mol. The molecule has 0 radical (unpaired) electrons. The third kappa shape index (κ3) is 3.44. The number of aliphatic hydroxyl groups is 3. The fourth-order valence-electron chi connectivity index (χ4n) is 3.56. The van der Waals surface area contributed by atoms with Gasteiger partial charge in [-0.2, -0.15) is 0 Å². The molecule has 1 fully saturated rings. The van der Waals surface area contributed by atoms with Gasteiger partial charge >= 0.3 is 11.9 Å². The lowest BCUT2D eigenvalue weighted by Crippen LogP contribution is -2.58. The highest BCUT2D eigenvalue weighted by molar-refractivity contribution is 6.00. The molecule has 0 aromatic heterocycles. The monoisotopic (exact) mass is 359 g/mol. The Morgan fingerprint density at radius 2 is 1.88 bits per heavy atom. The van der Waals surface area contributed by atoms with Gasteiger partial charge in [-0.15, -0.1) is 0 Å². The van der Waals surface area contributed by atoms with E-state index >= 15 is 0 Å². The van der Waals surface area contributed by atoms with E-state index < -0.39 is 65.8 Å². The zero-order chi connectivity index (χ0) is 19.1. The first-order valence-electron chi connectivity index (χ1n) is 7.67. The van der Waals surface area contributed by atoms with Gasteiger partial charge < -0.3 is 36.0 Å². The first kappa shape index (κ1) is 19.5. The quantitative estimate of drug-likeness (QED) is 0.320. The van der Waals surface area contributed by atoms with E-state index in [0.29, 0.717) is 0 Å². The molecule has 0 amide bonds. The number of nitrogens with two attached hydrogens (primary N) is 1. The zero-order valence-electron chi connectivity index (χ0n) is 13.5. The van der Waals surface area contributed by atoms with E-state index in [0.717, 1.165) is 6.92 Å². The molecule has 2 aliphatic rings. The number of hydrogen-bond acceptors (Lipinski definition) is 8. The van der Waals surface area contributed by atoms with Crippen LogP contribution in [0, 0.1) is 5.92 Å². The molecule has 1 heterocycles. The number of Topliss-reactive ketones (excluding diaryl/α,β-unsaturated/α-hetero) is 1. The van der Waals surface area contributed by atoms with Gasteiger partial charge in [0.2, 0.25) is 0 Å². The summed E-state index contributed by atoms with van der Waals surface area (Å²) in [6.45, 7) is 1.12. The van der Waals surface area contributed by atoms with Gasteiger partial charge in [0.25, 0.3) is 0 Å². The molecule has 1 aliphatic heterocycles. The molecule has 140 valence electrons. The van der Waals surface area contributed by atoms with Crippen LogP contribution in [0.3, 0.4) is 0 Å². The SMILES string of the molecule is CC(O)(C1C(=O)CCC(CC(=O)O)=C1C(=O)O)C1OC(O)C(O)C1N. The van der Waals surface area contributed by atoms with Gasteiger partial charge in [0.15, 0.2) is 6.29 Å². The Kier molecular flexibility index (Phi) is 5.30. The number of rotatable bonds is 5. The minimum atomic E-state index is -2.17. The number of aliphatic hydroxyl groups excluding tert-OH is 2. The van der Waals surface area contributed by atoms with Crippen molar-refractivity contribution in [2.45, 2.75) is 56.3 Å². The molecule has 10 heteroatoms. The standard InChI is InChI=1S/C15H21NO9/c1-15(24,12-10(16)11(20)14(23)25-12)9-6(17)3-2-5(4-7(18)19)8(9)13(21)22/h9-12,14,20,23-24H,2-4,16H2,1H3,(H,18,19)(H,21,22). The summed E-state index contributed by atoms with van der Waals surface area (Å²) in [5.74, 6) is -4.99. The van der Waals surface area contributed by atoms with E-state index in [1.807, 2.05) is 0 Å². The molecule has 0 spiro atoms. The van der Waals surface area contributed by atoms with Crippen LogP contribution in [0.4, 0.5) is 0 Å². The summed E-state index contributed by atoms with van der Waals surface area (Å²) in [5.41, 5.74) is 3.07. The van der Waals surface area contributed by atoms with Crippen molar-refractivity contribution in [1.82, 2.24) is 0 Å². The zero-order valence-corrected chi connectivity index (χ0v) is 13.5. The van der Waals surface area contributed by atoms with E-state index in [4.69, 9.17) is 15.6 Å². The third-order valence-corrected chi connectivity index (χ3v) is 4.74. The van der Waals surface area contributed by atoms with Crippen LogP contribution >= 0.6 is 0 Å². The van der Waals surface area contributed by atoms with Crippen molar-refractivity contribution in [3.63, 3.8) is 0 Å². The molecule has 0 saturated carbocycles. The van der Waals surface area contributed by atoms with Crippen molar-refractivity contribution in [2.75, 3.05) is 0 Å². The molecular formula is C15H21NO9. The summed E-state index contributed by atoms with van der Waals surface area (Å²) in [5, 5.41) is 48.6. The van der Waals surface area contributed by atoms with E-state index in [1.54, 1.807) is 0 Å². The van der Waals surface area contributed by atoms with Gasteiger partial charge in [-0.25, -0.2) is 4.79 Å². The summed E-state index contributed by atoms with van der Waals surface area (Å²) in [4.78, 5) is 35.1. The van der Waals surface area contributed by atoms with Crippen LogP contribution in [0.2, 0.25) is 0 Å². The molecule has 1 aliphatic carbocycles. The molecule has 2 rings (SSSR count). The predicted octanol–water partition coefficient (Wildman–Crippen LogP) is -2.02. The first-order chi connectivity index (χ1) is 11.5. The lowest BCUT2D eigenvalue weighted by Gasteiger charge is -2.40. The fraction of sp³-hybridized carbons (Fsp3) is 0.667. The molecule has 6 unspecified atom stereocenters. The van der Waals surface area contributed by atoms with Gasteiger partial charge in [-0.1, -0.05) is 0 Å². The van der Waals surface area contributed by atoms with E-state index in [1.165, 1.54) is 0 Å². The Labute approximate surface area is 142 Å². The lowest BCUT2D eigenvalue weighted by molar-refractivity contribution is -0.181. The van der Waals surface area contributed by atoms with Crippen LogP contribution in [0.1, 0.15) is 26.2 Å². The second-order valence-electron chi connectivity index (χ2n) is 6.53. The number of ketones is 1. The minimum Gasteiger partial charge on any atom is -0.481 e. The number of aliphatic carboxylic acids is 2. The second kappa shape index (κ2) is 6.81. The largest absolute Gasteiger partial charge is 0.481 e. The summed E-state index contributed by atoms with van der Waals surface area (Å²) in [6, 6.07) is -1.27. The highest BCUT2D eigenvalue weighted by Crippen LogP contribution is 2.41. The van der Waals surface area contributed by atoms with Crippen molar-refractivity contribution < 1.29 is 44.7 Å². The van der Waals surface area contributed by atoms with Crippen LogP contribution in [-0.2, 0) is 19.1 Å². The Hall–Kier alpha value is -1.85. The first-order valence-corrected chi connectivity index (χ1v) is 7.67. The maximum atomic E-state index is 12.4. The number of carboxylic acid groups (broad SMARTS) is 2. The molecule has 0 bridgehead atoms. The molecule has 1 saturated heterocycles. The molecule has 10 nitrogen and oxygen atoms in total. The van der Waals surface area contributed by atoms with Crippen molar-refractivity contribution in [2.24, 2.45) is 11.7 Å². The summed E-state index contributed by atoms with van der Waals surface area (Å²) >= 11 is 0. The highest BCUT2D eigenvalue weighted by Gasteiger charge is 2.56. The average Bonchev–Trinajstić information content (AvgIpc) is 2.76. The van der Waals surface area contributed by atoms with Crippen LogP contribution in [0.15, 0.2) is 11.1 Å². The lowest BCUT2D eigenvalue weighted by atomic mass is 9.69. The molecule has 25 heavy (non-hydrogen) atoms. The predicted molar refractivity (Wildman–Crippen MR) is 80.1 cm³/mol. The van der Waals surface area contributed by atoms with Gasteiger partial charge in [0.1, 0.15) is 23.6 Å². The molecule has 6 atom stereocenters. The average molecular weight is 359 g/mol. The maximum absolute atomic E-state index is 12.4. The number of carbonyl (C=O) groups excluding carboxylic acids is 1. The number of carboxylic acids is 2. The van der Waals surface area contributed by atoms with Crippen LogP contribution in [-0.4, -0.2) is 73.4 Å². The third-order valence-electron chi connectivity index (χ3n) is 4.74. The Morgan fingerprint density at radius 3 is 2.32 bits per heavy atom. The van der Waals surface area contributed by atoms with Crippen LogP contribution in [0.5, 0.6) is 0 Å². The smallest absolute Gasteiger partial charge is 0.332 e. The molecule has 7 N–H and O–H groups in total. The van der Waals surface area contributed by atoms with Crippen molar-refractivity contribution >= 4 is 17.7 Å². The fourth-order valence-corrected chi connectivity index (χ4v) is 3.56. The maximum Gasteiger partial charge on any atom is 0.332 e. The van der Waals surface area contributed by atoms with Crippen molar-refractivity contribution in [3.05, 3.63) is 11.1 Å². The van der Waals surface area contributed by atoms with Gasteiger partial charge in [0, 0.05) is 6.42 Å². The van der Waals surface area contributed by atoms with Gasteiger partial charge in [0.05, 0.1) is 24.0 Å². The van der Waals surface area contributed by atoms with Crippen LogP contribution in [0.25, 0.3) is 0 Å². The van der Waals surface area contributed by atoms with E-state index in [9.17, 15) is 34.8 Å². The number of ether oxygens (including phenoxy) is 1. The molecule has 0 aromatic rings. The summed E-state index contributed by atoms with van der Waals surface area (Å²) < 4.78 is 5.04. The Bertz CT molecular complexity index is 626. The topological polar surface area (TPSA) is 188 Å². The van der Waals surface area contributed by atoms with Crippen molar-refractivity contribution in [3.8, 4) is 0 Å². The van der Waals surface area contributed by atoms with Crippen LogP contribution < -0.4 is 5.73 Å². The van der Waals surface area contributed by atoms with E-state index in [2.05, 4.69) is 0 Å². The number of carbonyl (C=O) groups is 3. The Morgan fingerprint density at radius 1 is 1.28 bits per heavy atom.